The first-order valence-electron chi connectivity index (χ1n) is 6.68. The first-order valence-corrected chi connectivity index (χ1v) is 6.68. The molecule has 2 aromatic carbocycles. The van der Waals surface area contributed by atoms with Gasteiger partial charge in [-0.2, -0.15) is 0 Å². The van der Waals surface area contributed by atoms with Gasteiger partial charge < -0.3 is 9.84 Å². The minimum atomic E-state index is -0.366. The summed E-state index contributed by atoms with van der Waals surface area (Å²) in [5.41, 5.74) is 2.33. The zero-order chi connectivity index (χ0) is 15.5. The Morgan fingerprint density at radius 2 is 2.00 bits per heavy atom. The molecule has 3 aromatic rings. The lowest BCUT2D eigenvalue weighted by Gasteiger charge is -2.09. The van der Waals surface area contributed by atoms with Gasteiger partial charge in [0.2, 0.25) is 0 Å². The van der Waals surface area contributed by atoms with Crippen LogP contribution in [-0.4, -0.2) is 27.2 Å². The van der Waals surface area contributed by atoms with Gasteiger partial charge in [-0.3, -0.25) is 0 Å². The number of halogens is 1. The molecule has 3 rings (SSSR count). The van der Waals surface area contributed by atoms with Gasteiger partial charge >= 0.3 is 0 Å². The molecule has 0 spiro atoms. The highest BCUT2D eigenvalue weighted by atomic mass is 19.1. The Hall–Kier alpha value is -2.73. The molecule has 1 N–H and O–H groups in total. The van der Waals surface area contributed by atoms with Crippen LogP contribution >= 0.6 is 0 Å². The van der Waals surface area contributed by atoms with E-state index in [1.807, 2.05) is 24.3 Å². The van der Waals surface area contributed by atoms with Gasteiger partial charge in [-0.1, -0.05) is 23.4 Å². The van der Waals surface area contributed by atoms with Crippen LogP contribution in [0.15, 0.2) is 48.5 Å². The predicted molar refractivity (Wildman–Crippen MR) is 79.2 cm³/mol. The largest absolute Gasteiger partial charge is 0.497 e. The van der Waals surface area contributed by atoms with E-state index < -0.39 is 0 Å². The van der Waals surface area contributed by atoms with Gasteiger partial charge in [0.25, 0.3) is 0 Å². The molecule has 0 aliphatic carbocycles. The number of hydrogen-bond donors (Lipinski definition) is 1. The van der Waals surface area contributed by atoms with E-state index in [-0.39, 0.29) is 12.4 Å². The number of rotatable bonds is 4. The fraction of sp³-hybridized carbons (Fsp3) is 0.125. The number of ether oxygens (including phenoxy) is 1. The van der Waals surface area contributed by atoms with Crippen molar-refractivity contribution in [3.63, 3.8) is 0 Å². The molecule has 0 radical (unpaired) electrons. The van der Waals surface area contributed by atoms with E-state index >= 15 is 0 Å². The third-order valence-corrected chi connectivity index (χ3v) is 3.29. The van der Waals surface area contributed by atoms with Gasteiger partial charge in [0.05, 0.1) is 19.4 Å². The van der Waals surface area contributed by atoms with Crippen molar-refractivity contribution in [3.8, 4) is 22.7 Å². The van der Waals surface area contributed by atoms with Crippen LogP contribution in [0.1, 0.15) is 5.69 Å². The number of aromatic nitrogens is 3. The van der Waals surface area contributed by atoms with Gasteiger partial charge in [0.15, 0.2) is 0 Å². The van der Waals surface area contributed by atoms with Gasteiger partial charge in [0, 0.05) is 5.56 Å². The summed E-state index contributed by atoms with van der Waals surface area (Å²) in [6.07, 6.45) is 0. The topological polar surface area (TPSA) is 60.2 Å². The molecule has 0 fully saturated rings. The fourth-order valence-electron chi connectivity index (χ4n) is 2.27. The van der Waals surface area contributed by atoms with Crippen molar-refractivity contribution in [1.29, 1.82) is 0 Å². The summed E-state index contributed by atoms with van der Waals surface area (Å²) in [4.78, 5) is 0. The van der Waals surface area contributed by atoms with Crippen LogP contribution < -0.4 is 4.74 Å². The molecule has 0 saturated carbocycles. The summed E-state index contributed by atoms with van der Waals surface area (Å²) in [6.45, 7) is -0.262. The van der Waals surface area contributed by atoms with Crippen molar-refractivity contribution < 1.29 is 14.2 Å². The molecule has 0 unspecified atom stereocenters. The first-order chi connectivity index (χ1) is 10.7. The van der Waals surface area contributed by atoms with Crippen LogP contribution in [-0.2, 0) is 6.61 Å². The van der Waals surface area contributed by atoms with E-state index in [2.05, 4.69) is 10.3 Å². The molecule has 0 amide bonds. The van der Waals surface area contributed by atoms with Crippen molar-refractivity contribution in [3.05, 3.63) is 60.0 Å². The number of aliphatic hydroxyl groups is 1. The molecular weight excluding hydrogens is 285 g/mol. The van der Waals surface area contributed by atoms with Crippen molar-refractivity contribution in [2.75, 3.05) is 7.11 Å². The molecule has 1 aromatic heterocycles. The van der Waals surface area contributed by atoms with Gasteiger partial charge in [0.1, 0.15) is 23.0 Å². The Labute approximate surface area is 126 Å². The third-order valence-electron chi connectivity index (χ3n) is 3.29. The lowest BCUT2D eigenvalue weighted by atomic mass is 10.1. The second-order valence-corrected chi connectivity index (χ2v) is 4.67. The standard InChI is InChI=1S/C16H14FN3O2/c1-22-14-7-2-4-11(8-14)16-15(10-21)18-19-20(16)13-6-3-5-12(17)9-13/h2-9,21H,10H2,1H3. The molecule has 6 heteroatoms. The summed E-state index contributed by atoms with van der Waals surface area (Å²) in [7, 11) is 1.58. The lowest BCUT2D eigenvalue weighted by Crippen LogP contribution is -2.01. The van der Waals surface area contributed by atoms with Crippen LogP contribution in [0.25, 0.3) is 16.9 Å². The Balaban J connectivity index is 2.19. The minimum absolute atomic E-state index is 0.262. The number of nitrogens with zero attached hydrogens (tertiary/aromatic N) is 3. The van der Waals surface area contributed by atoms with Crippen molar-refractivity contribution in [2.24, 2.45) is 0 Å². The van der Waals surface area contributed by atoms with Gasteiger partial charge in [-0.25, -0.2) is 9.07 Å². The smallest absolute Gasteiger partial charge is 0.125 e. The molecular formula is C16H14FN3O2. The van der Waals surface area contributed by atoms with Crippen molar-refractivity contribution in [1.82, 2.24) is 15.0 Å². The second-order valence-electron chi connectivity index (χ2n) is 4.67. The third kappa shape index (κ3) is 2.56. The Kier molecular flexibility index (Phi) is 3.84. The van der Waals surface area contributed by atoms with Gasteiger partial charge in [-0.05, 0) is 30.3 Å². The zero-order valence-electron chi connectivity index (χ0n) is 11.9. The Morgan fingerprint density at radius 1 is 1.18 bits per heavy atom. The quantitative estimate of drug-likeness (QED) is 0.804. The molecule has 0 saturated heterocycles. The summed E-state index contributed by atoms with van der Waals surface area (Å²) in [6, 6.07) is 13.4. The second kappa shape index (κ2) is 5.95. The van der Waals surface area contributed by atoms with Crippen LogP contribution in [0.3, 0.4) is 0 Å². The highest BCUT2D eigenvalue weighted by molar-refractivity contribution is 5.65. The maximum atomic E-state index is 13.5. The molecule has 0 aliphatic heterocycles. The average molecular weight is 299 g/mol. The summed E-state index contributed by atoms with van der Waals surface area (Å²) in [5.74, 6) is 0.309. The van der Waals surface area contributed by atoms with Crippen LogP contribution in [0.2, 0.25) is 0 Å². The Morgan fingerprint density at radius 3 is 2.73 bits per heavy atom. The first kappa shape index (κ1) is 14.2. The van der Waals surface area contributed by atoms with Crippen LogP contribution in [0.4, 0.5) is 4.39 Å². The van der Waals surface area contributed by atoms with E-state index in [9.17, 15) is 9.50 Å². The highest BCUT2D eigenvalue weighted by Gasteiger charge is 2.16. The number of aliphatic hydroxyl groups excluding tert-OH is 1. The molecule has 0 atom stereocenters. The van der Waals surface area contributed by atoms with Gasteiger partial charge in [-0.15, -0.1) is 5.10 Å². The maximum Gasteiger partial charge on any atom is 0.125 e. The molecule has 112 valence electrons. The van der Waals surface area contributed by atoms with Crippen molar-refractivity contribution >= 4 is 0 Å². The number of hydrogen-bond acceptors (Lipinski definition) is 4. The SMILES string of the molecule is COc1cccc(-c2c(CO)nnn2-c2cccc(F)c2)c1. The summed E-state index contributed by atoms with van der Waals surface area (Å²) >= 11 is 0. The van der Waals surface area contributed by atoms with E-state index in [1.54, 1.807) is 19.2 Å². The molecule has 0 aliphatic rings. The Bertz CT molecular complexity index is 802. The fourth-order valence-corrected chi connectivity index (χ4v) is 2.27. The summed E-state index contributed by atoms with van der Waals surface area (Å²) in [5, 5.41) is 17.5. The maximum absolute atomic E-state index is 13.5. The van der Waals surface area contributed by atoms with Crippen molar-refractivity contribution in [2.45, 2.75) is 6.61 Å². The lowest BCUT2D eigenvalue weighted by molar-refractivity contribution is 0.277. The number of benzene rings is 2. The van der Waals surface area contributed by atoms with Crippen LogP contribution in [0, 0.1) is 5.82 Å². The van der Waals surface area contributed by atoms with Crippen LogP contribution in [0.5, 0.6) is 5.75 Å². The zero-order valence-corrected chi connectivity index (χ0v) is 11.9. The predicted octanol–water partition coefficient (Wildman–Crippen LogP) is 2.57. The molecule has 0 bridgehead atoms. The van der Waals surface area contributed by atoms with E-state index in [0.29, 0.717) is 22.8 Å². The molecule has 22 heavy (non-hydrogen) atoms. The summed E-state index contributed by atoms with van der Waals surface area (Å²) < 4.78 is 20.2. The number of methoxy groups -OCH3 is 1. The normalized spacial score (nSPS) is 10.7. The van der Waals surface area contributed by atoms with E-state index in [4.69, 9.17) is 4.74 Å². The average Bonchev–Trinajstić information content (AvgIpc) is 2.99. The monoisotopic (exact) mass is 299 g/mol. The molecule has 5 nitrogen and oxygen atoms in total. The van der Waals surface area contributed by atoms with E-state index in [0.717, 1.165) is 5.56 Å². The molecule has 1 heterocycles. The van der Waals surface area contributed by atoms with E-state index in [1.165, 1.54) is 16.8 Å². The highest BCUT2D eigenvalue weighted by Crippen LogP contribution is 2.28. The minimum Gasteiger partial charge on any atom is -0.497 e.